The van der Waals surface area contributed by atoms with Crippen molar-refractivity contribution < 1.29 is 14.3 Å². The van der Waals surface area contributed by atoms with Gasteiger partial charge < -0.3 is 20.5 Å². The van der Waals surface area contributed by atoms with Crippen molar-refractivity contribution in [3.8, 4) is 11.5 Å². The SMILES string of the molecule is Nc1c(NNC(=O)c2ccc(Br)cc2)ncnc1Nc1ccc2c(c1)OCCO2. The normalized spacial score (nSPS) is 12.2. The number of anilines is 4. The number of benzene rings is 2. The van der Waals surface area contributed by atoms with Crippen LogP contribution in [0.15, 0.2) is 53.3 Å². The monoisotopic (exact) mass is 456 g/mol. The largest absolute Gasteiger partial charge is 0.486 e. The van der Waals surface area contributed by atoms with E-state index in [1.54, 1.807) is 30.3 Å². The Morgan fingerprint density at radius 3 is 2.52 bits per heavy atom. The first-order valence-electron chi connectivity index (χ1n) is 8.69. The lowest BCUT2D eigenvalue weighted by atomic mass is 10.2. The summed E-state index contributed by atoms with van der Waals surface area (Å²) < 4.78 is 12.0. The Morgan fingerprint density at radius 1 is 1.00 bits per heavy atom. The zero-order valence-electron chi connectivity index (χ0n) is 15.1. The van der Waals surface area contributed by atoms with E-state index in [1.165, 1.54) is 6.33 Å². The van der Waals surface area contributed by atoms with Gasteiger partial charge in [-0.1, -0.05) is 15.9 Å². The van der Waals surface area contributed by atoms with Crippen LogP contribution in [0.2, 0.25) is 0 Å². The second-order valence-electron chi connectivity index (χ2n) is 6.05. The maximum Gasteiger partial charge on any atom is 0.269 e. The Labute approximate surface area is 174 Å². The molecule has 2 aromatic carbocycles. The van der Waals surface area contributed by atoms with E-state index in [9.17, 15) is 4.79 Å². The van der Waals surface area contributed by atoms with E-state index < -0.39 is 0 Å². The van der Waals surface area contributed by atoms with E-state index in [-0.39, 0.29) is 17.4 Å². The lowest BCUT2D eigenvalue weighted by Gasteiger charge is -2.19. The van der Waals surface area contributed by atoms with Crippen LogP contribution in [0.3, 0.4) is 0 Å². The second kappa shape index (κ2) is 8.23. The van der Waals surface area contributed by atoms with Gasteiger partial charge in [0.25, 0.3) is 5.91 Å². The molecule has 0 unspecified atom stereocenters. The predicted octanol–water partition coefficient (Wildman–Crippen LogP) is 3.09. The number of fused-ring (bicyclic) bond motifs is 1. The van der Waals surface area contributed by atoms with E-state index in [2.05, 4.69) is 42.1 Å². The van der Waals surface area contributed by atoms with Gasteiger partial charge in [-0.2, -0.15) is 0 Å². The number of aromatic nitrogens is 2. The molecule has 4 rings (SSSR count). The third kappa shape index (κ3) is 4.32. The summed E-state index contributed by atoms with van der Waals surface area (Å²) in [7, 11) is 0. The lowest BCUT2D eigenvalue weighted by Crippen LogP contribution is -2.30. The van der Waals surface area contributed by atoms with E-state index >= 15 is 0 Å². The Kier molecular flexibility index (Phi) is 5.34. The van der Waals surface area contributed by atoms with Crippen molar-refractivity contribution in [2.24, 2.45) is 0 Å². The molecule has 1 amide bonds. The number of ether oxygens (including phenoxy) is 2. The molecule has 1 aromatic heterocycles. The van der Waals surface area contributed by atoms with Crippen molar-refractivity contribution in [2.75, 3.05) is 29.7 Å². The Balaban J connectivity index is 1.46. The fourth-order valence-corrected chi connectivity index (χ4v) is 2.91. The van der Waals surface area contributed by atoms with Crippen molar-refractivity contribution in [1.29, 1.82) is 0 Å². The predicted molar refractivity (Wildman–Crippen MR) is 112 cm³/mol. The molecule has 0 saturated heterocycles. The second-order valence-corrected chi connectivity index (χ2v) is 6.97. The highest BCUT2D eigenvalue weighted by molar-refractivity contribution is 9.10. The minimum absolute atomic E-state index is 0.249. The van der Waals surface area contributed by atoms with Gasteiger partial charge in [-0.3, -0.25) is 15.6 Å². The number of hydrogen-bond acceptors (Lipinski definition) is 8. The highest BCUT2D eigenvalue weighted by Gasteiger charge is 2.14. The number of nitrogens with zero attached hydrogens (tertiary/aromatic N) is 2. The standard InChI is InChI=1S/C19H17BrN6O3/c20-12-3-1-11(2-4-12)19(27)26-25-18-16(21)17(22-10-23-18)24-13-5-6-14-15(9-13)29-8-7-28-14/h1-6,9-10H,7-8,21H2,(H,26,27)(H2,22,23,24,25). The minimum atomic E-state index is -0.322. The van der Waals surface area contributed by atoms with Crippen LogP contribution >= 0.6 is 15.9 Å². The molecule has 1 aliphatic heterocycles. The van der Waals surface area contributed by atoms with Crippen molar-refractivity contribution in [3.05, 3.63) is 58.8 Å². The number of halogens is 1. The summed E-state index contributed by atoms with van der Waals surface area (Å²) in [6, 6.07) is 12.4. The first-order chi connectivity index (χ1) is 14.1. The summed E-state index contributed by atoms with van der Waals surface area (Å²) in [4.78, 5) is 20.5. The van der Waals surface area contributed by atoms with Crippen LogP contribution in [0.1, 0.15) is 10.4 Å². The topological polar surface area (TPSA) is 123 Å². The number of carbonyl (C=O) groups is 1. The van der Waals surface area contributed by atoms with Crippen molar-refractivity contribution >= 4 is 44.8 Å². The molecule has 0 spiro atoms. The maximum absolute atomic E-state index is 12.2. The van der Waals surface area contributed by atoms with E-state index in [0.29, 0.717) is 36.1 Å². The maximum atomic E-state index is 12.2. The van der Waals surface area contributed by atoms with Gasteiger partial charge in [0.05, 0.1) is 0 Å². The molecule has 5 N–H and O–H groups in total. The number of rotatable bonds is 5. The number of amides is 1. The molecule has 0 aliphatic carbocycles. The Hall–Kier alpha value is -3.53. The molecule has 10 heteroatoms. The highest BCUT2D eigenvalue weighted by atomic mass is 79.9. The zero-order chi connectivity index (χ0) is 20.2. The molecule has 0 saturated carbocycles. The van der Waals surface area contributed by atoms with Crippen LogP contribution in [-0.2, 0) is 0 Å². The van der Waals surface area contributed by atoms with Gasteiger partial charge in [-0.05, 0) is 36.4 Å². The van der Waals surface area contributed by atoms with Gasteiger partial charge in [0, 0.05) is 21.8 Å². The van der Waals surface area contributed by atoms with Gasteiger partial charge in [-0.15, -0.1) is 0 Å². The van der Waals surface area contributed by atoms with Crippen molar-refractivity contribution in [3.63, 3.8) is 0 Å². The van der Waals surface area contributed by atoms with Crippen LogP contribution in [0, 0.1) is 0 Å². The fourth-order valence-electron chi connectivity index (χ4n) is 2.64. The number of nitrogens with one attached hydrogen (secondary N) is 3. The van der Waals surface area contributed by atoms with Crippen LogP contribution < -0.4 is 31.4 Å². The van der Waals surface area contributed by atoms with E-state index in [4.69, 9.17) is 15.2 Å². The summed E-state index contributed by atoms with van der Waals surface area (Å²) in [6.07, 6.45) is 1.34. The van der Waals surface area contributed by atoms with Gasteiger partial charge in [-0.25, -0.2) is 9.97 Å². The molecular weight excluding hydrogens is 440 g/mol. The average Bonchev–Trinajstić information content (AvgIpc) is 2.74. The first-order valence-corrected chi connectivity index (χ1v) is 9.48. The van der Waals surface area contributed by atoms with Crippen molar-refractivity contribution in [1.82, 2.24) is 15.4 Å². The first kappa shape index (κ1) is 18.8. The molecule has 1 aliphatic rings. The fraction of sp³-hybridized carbons (Fsp3) is 0.105. The van der Waals surface area contributed by atoms with Crippen LogP contribution in [-0.4, -0.2) is 29.1 Å². The molecule has 2 heterocycles. The third-order valence-corrected chi connectivity index (χ3v) is 4.62. The molecule has 0 bridgehead atoms. The molecule has 3 aromatic rings. The van der Waals surface area contributed by atoms with Crippen LogP contribution in [0.5, 0.6) is 11.5 Å². The number of carbonyl (C=O) groups excluding carboxylic acids is 1. The molecule has 29 heavy (non-hydrogen) atoms. The molecule has 0 atom stereocenters. The van der Waals surface area contributed by atoms with Gasteiger partial charge >= 0.3 is 0 Å². The molecule has 0 fully saturated rings. The molecule has 148 valence electrons. The Morgan fingerprint density at radius 2 is 1.72 bits per heavy atom. The smallest absolute Gasteiger partial charge is 0.269 e. The lowest BCUT2D eigenvalue weighted by molar-refractivity contribution is 0.0962. The number of nitrogens with two attached hydrogens (primary N) is 1. The Bertz CT molecular complexity index is 1040. The average molecular weight is 457 g/mol. The van der Waals surface area contributed by atoms with Crippen LogP contribution in [0.25, 0.3) is 0 Å². The number of hydrazine groups is 1. The highest BCUT2D eigenvalue weighted by Crippen LogP contribution is 2.34. The molecular formula is C19H17BrN6O3. The van der Waals surface area contributed by atoms with Gasteiger partial charge in [0.15, 0.2) is 23.1 Å². The summed E-state index contributed by atoms with van der Waals surface area (Å²) in [5, 5.41) is 3.12. The van der Waals surface area contributed by atoms with Crippen LogP contribution in [0.4, 0.5) is 23.0 Å². The molecule has 0 radical (unpaired) electrons. The number of hydrogen-bond donors (Lipinski definition) is 4. The van der Waals surface area contributed by atoms with E-state index in [1.807, 2.05) is 12.1 Å². The summed E-state index contributed by atoms with van der Waals surface area (Å²) >= 11 is 3.33. The number of nitrogen functional groups attached to an aromatic ring is 1. The third-order valence-electron chi connectivity index (χ3n) is 4.09. The quantitative estimate of drug-likeness (QED) is 0.431. The van der Waals surface area contributed by atoms with Gasteiger partial charge in [0.1, 0.15) is 25.2 Å². The summed E-state index contributed by atoms with van der Waals surface area (Å²) in [5.74, 6) is 1.67. The summed E-state index contributed by atoms with van der Waals surface area (Å²) in [5.41, 5.74) is 12.9. The summed E-state index contributed by atoms with van der Waals surface area (Å²) in [6.45, 7) is 1.03. The van der Waals surface area contributed by atoms with Crippen molar-refractivity contribution in [2.45, 2.75) is 0 Å². The van der Waals surface area contributed by atoms with Gasteiger partial charge in [0.2, 0.25) is 0 Å². The van der Waals surface area contributed by atoms with E-state index in [0.717, 1.165) is 10.2 Å². The zero-order valence-corrected chi connectivity index (χ0v) is 16.7. The minimum Gasteiger partial charge on any atom is -0.486 e. The molecule has 9 nitrogen and oxygen atoms in total.